The summed E-state index contributed by atoms with van der Waals surface area (Å²) < 4.78 is 0. The van der Waals surface area contributed by atoms with Gasteiger partial charge in [-0.05, 0) is 38.0 Å². The number of fused-ring (bicyclic) bond motifs is 1. The van der Waals surface area contributed by atoms with Crippen LogP contribution in [0.4, 0.5) is 0 Å². The van der Waals surface area contributed by atoms with Gasteiger partial charge in [0.05, 0.1) is 0 Å². The molecule has 2 heterocycles. The number of hydrogen-bond donors (Lipinski definition) is 2. The lowest BCUT2D eigenvalue weighted by atomic mass is 10.0. The Hall–Kier alpha value is -0.0800. The Kier molecular flexibility index (Phi) is 3.16. The fourth-order valence-corrected chi connectivity index (χ4v) is 1.72. The summed E-state index contributed by atoms with van der Waals surface area (Å²) in [5.41, 5.74) is 0. The molecule has 2 aliphatic heterocycles. The van der Waals surface area contributed by atoms with Crippen molar-refractivity contribution in [3.8, 4) is 0 Å². The van der Waals surface area contributed by atoms with Gasteiger partial charge in [-0.1, -0.05) is 13.8 Å². The van der Waals surface area contributed by atoms with E-state index in [-0.39, 0.29) is 0 Å². The molecule has 0 aliphatic carbocycles. The Morgan fingerprint density at radius 1 is 0.800 bits per heavy atom. The molecular weight excluding hydrogens is 124 g/mol. The summed E-state index contributed by atoms with van der Waals surface area (Å²) in [4.78, 5) is 0. The lowest BCUT2D eigenvalue weighted by Crippen LogP contribution is -2.19. The van der Waals surface area contributed by atoms with Crippen LogP contribution in [-0.4, -0.2) is 26.2 Å². The van der Waals surface area contributed by atoms with E-state index in [2.05, 4.69) is 10.6 Å². The van der Waals surface area contributed by atoms with E-state index >= 15 is 0 Å². The minimum atomic E-state index is 0.954. The van der Waals surface area contributed by atoms with Crippen LogP contribution >= 0.6 is 0 Å². The van der Waals surface area contributed by atoms with Crippen LogP contribution in [0.5, 0.6) is 0 Å². The van der Waals surface area contributed by atoms with Gasteiger partial charge in [0.15, 0.2) is 0 Å². The van der Waals surface area contributed by atoms with Crippen molar-refractivity contribution in [3.63, 3.8) is 0 Å². The molecule has 2 fully saturated rings. The lowest BCUT2D eigenvalue weighted by molar-refractivity contribution is 0.533. The van der Waals surface area contributed by atoms with Crippen molar-refractivity contribution in [2.24, 2.45) is 11.8 Å². The predicted molar refractivity (Wildman–Crippen MR) is 44.1 cm³/mol. The van der Waals surface area contributed by atoms with Crippen molar-refractivity contribution >= 4 is 0 Å². The highest BCUT2D eigenvalue weighted by Crippen LogP contribution is 2.19. The van der Waals surface area contributed by atoms with Crippen LogP contribution in [0.25, 0.3) is 0 Å². The van der Waals surface area contributed by atoms with E-state index in [1.165, 1.54) is 26.2 Å². The van der Waals surface area contributed by atoms with Crippen LogP contribution in [0.2, 0.25) is 0 Å². The number of nitrogens with one attached hydrogen (secondary N) is 2. The van der Waals surface area contributed by atoms with Crippen LogP contribution in [-0.2, 0) is 0 Å². The molecule has 0 aromatic rings. The van der Waals surface area contributed by atoms with Gasteiger partial charge in [0, 0.05) is 0 Å². The van der Waals surface area contributed by atoms with Gasteiger partial charge in [-0.3, -0.25) is 0 Å². The van der Waals surface area contributed by atoms with E-state index in [0.29, 0.717) is 0 Å². The highest BCUT2D eigenvalue weighted by Gasteiger charge is 2.30. The molecule has 0 bridgehead atoms. The Bertz CT molecular complexity index is 73.3. The highest BCUT2D eigenvalue weighted by atomic mass is 15.0. The van der Waals surface area contributed by atoms with Crippen LogP contribution < -0.4 is 10.6 Å². The molecule has 2 nitrogen and oxygen atoms in total. The minimum absolute atomic E-state index is 0.954. The molecular formula is C8H18N2. The molecule has 2 saturated heterocycles. The molecule has 0 amide bonds. The summed E-state index contributed by atoms with van der Waals surface area (Å²) in [5, 5.41) is 6.77. The van der Waals surface area contributed by atoms with Crippen molar-refractivity contribution in [3.05, 3.63) is 0 Å². The number of hydrogen-bond acceptors (Lipinski definition) is 2. The first-order valence-corrected chi connectivity index (χ1v) is 4.38. The molecule has 0 radical (unpaired) electrons. The van der Waals surface area contributed by atoms with Crippen LogP contribution in [0.1, 0.15) is 13.8 Å². The van der Waals surface area contributed by atoms with Crippen LogP contribution in [0.15, 0.2) is 0 Å². The van der Waals surface area contributed by atoms with E-state index in [9.17, 15) is 0 Å². The number of rotatable bonds is 0. The van der Waals surface area contributed by atoms with Crippen molar-refractivity contribution < 1.29 is 0 Å². The topological polar surface area (TPSA) is 24.1 Å². The zero-order valence-corrected chi connectivity index (χ0v) is 6.98. The third kappa shape index (κ3) is 1.50. The molecule has 2 N–H and O–H groups in total. The summed E-state index contributed by atoms with van der Waals surface area (Å²) in [7, 11) is 0. The van der Waals surface area contributed by atoms with Crippen molar-refractivity contribution in [1.29, 1.82) is 0 Å². The van der Waals surface area contributed by atoms with Gasteiger partial charge >= 0.3 is 0 Å². The summed E-state index contributed by atoms with van der Waals surface area (Å²) in [5.74, 6) is 1.91. The fourth-order valence-electron chi connectivity index (χ4n) is 1.72. The van der Waals surface area contributed by atoms with Gasteiger partial charge in [-0.25, -0.2) is 0 Å². The fraction of sp³-hybridized carbons (Fsp3) is 1.00. The zero-order valence-electron chi connectivity index (χ0n) is 6.98. The molecule has 0 aromatic carbocycles. The molecule has 2 heteroatoms. The maximum Gasteiger partial charge on any atom is -0.000463 e. The zero-order chi connectivity index (χ0) is 7.40. The summed E-state index contributed by atoms with van der Waals surface area (Å²) >= 11 is 0. The van der Waals surface area contributed by atoms with Gasteiger partial charge in [-0.2, -0.15) is 0 Å². The van der Waals surface area contributed by atoms with Gasteiger partial charge in [0.25, 0.3) is 0 Å². The third-order valence-corrected chi connectivity index (χ3v) is 2.29. The van der Waals surface area contributed by atoms with Crippen molar-refractivity contribution in [2.75, 3.05) is 26.2 Å². The van der Waals surface area contributed by atoms with E-state index in [0.717, 1.165) is 11.8 Å². The monoisotopic (exact) mass is 142 g/mol. The molecule has 10 heavy (non-hydrogen) atoms. The Labute approximate surface area is 63.4 Å². The second kappa shape index (κ2) is 3.94. The lowest BCUT2D eigenvalue weighted by Gasteiger charge is -2.01. The molecule has 60 valence electrons. The molecule has 0 saturated carbocycles. The second-order valence-corrected chi connectivity index (χ2v) is 2.84. The Morgan fingerprint density at radius 2 is 1.10 bits per heavy atom. The van der Waals surface area contributed by atoms with E-state index in [1.54, 1.807) is 0 Å². The van der Waals surface area contributed by atoms with E-state index < -0.39 is 0 Å². The first-order chi connectivity index (χ1) is 4.97. The molecule has 0 aromatic heterocycles. The first-order valence-electron chi connectivity index (χ1n) is 4.38. The van der Waals surface area contributed by atoms with Crippen LogP contribution in [0, 0.1) is 11.8 Å². The van der Waals surface area contributed by atoms with Crippen LogP contribution in [0.3, 0.4) is 0 Å². The maximum atomic E-state index is 3.38. The smallest absolute Gasteiger partial charge is 0.000463 e. The Morgan fingerprint density at radius 3 is 1.40 bits per heavy atom. The molecule has 0 atom stereocenters. The molecule has 2 aliphatic rings. The van der Waals surface area contributed by atoms with E-state index in [1.807, 2.05) is 13.8 Å². The normalized spacial score (nSPS) is 36.6. The summed E-state index contributed by atoms with van der Waals surface area (Å²) in [6, 6.07) is 0. The maximum absolute atomic E-state index is 3.38. The minimum Gasteiger partial charge on any atom is -0.316 e. The van der Waals surface area contributed by atoms with Crippen molar-refractivity contribution in [2.45, 2.75) is 13.8 Å². The van der Waals surface area contributed by atoms with Gasteiger partial charge in [0.2, 0.25) is 0 Å². The largest absolute Gasteiger partial charge is 0.316 e. The highest BCUT2D eigenvalue weighted by molar-refractivity contribution is 4.88. The average Bonchev–Trinajstić information content (AvgIpc) is 2.49. The predicted octanol–water partition coefficient (Wildman–Crippen LogP) is 0.451. The first kappa shape index (κ1) is 8.02. The average molecular weight is 142 g/mol. The van der Waals surface area contributed by atoms with Gasteiger partial charge in [0.1, 0.15) is 0 Å². The Balaban J connectivity index is 0.000000231. The summed E-state index contributed by atoms with van der Waals surface area (Å²) in [6.07, 6.45) is 0. The summed E-state index contributed by atoms with van der Waals surface area (Å²) in [6.45, 7) is 8.99. The quantitative estimate of drug-likeness (QED) is 0.513. The third-order valence-electron chi connectivity index (χ3n) is 2.29. The van der Waals surface area contributed by atoms with E-state index in [4.69, 9.17) is 0 Å². The molecule has 0 spiro atoms. The van der Waals surface area contributed by atoms with Crippen molar-refractivity contribution in [1.82, 2.24) is 10.6 Å². The molecule has 0 unspecified atom stereocenters. The standard InChI is InChI=1S/C6H12N2.C2H6/c1-5-2-8-4-6(5)3-7-1;1-2/h5-8H,1-4H2;1-2H3. The molecule has 2 rings (SSSR count). The van der Waals surface area contributed by atoms with Gasteiger partial charge in [-0.15, -0.1) is 0 Å². The second-order valence-electron chi connectivity index (χ2n) is 2.84. The van der Waals surface area contributed by atoms with Gasteiger partial charge < -0.3 is 10.6 Å². The SMILES string of the molecule is C1NCC2CNCC12.CC.